The lowest BCUT2D eigenvalue weighted by molar-refractivity contribution is -0.131. The van der Waals surface area contributed by atoms with E-state index in [9.17, 15) is 4.79 Å². The van der Waals surface area contributed by atoms with Gasteiger partial charge in [0.15, 0.2) is 0 Å². The maximum atomic E-state index is 12.1. The number of hydrogen-bond acceptors (Lipinski definition) is 3. The minimum Gasteiger partial charge on any atom is -0.373 e. The van der Waals surface area contributed by atoms with Gasteiger partial charge in [0.05, 0.1) is 0 Å². The molecule has 2 heterocycles. The van der Waals surface area contributed by atoms with E-state index in [2.05, 4.69) is 17.2 Å². The number of anilines is 1. The average molecular weight is 261 g/mol. The van der Waals surface area contributed by atoms with Crippen LogP contribution < -0.4 is 5.32 Å². The lowest BCUT2D eigenvalue weighted by Gasteiger charge is -2.21. The predicted molar refractivity (Wildman–Crippen MR) is 76.8 cm³/mol. The van der Waals surface area contributed by atoms with Crippen molar-refractivity contribution in [3.8, 4) is 0 Å². The van der Waals surface area contributed by atoms with Crippen LogP contribution in [0.15, 0.2) is 18.3 Å². The molecule has 19 heavy (non-hydrogen) atoms. The Kier molecular flexibility index (Phi) is 4.77. The van der Waals surface area contributed by atoms with Crippen LogP contribution in [-0.2, 0) is 11.3 Å². The van der Waals surface area contributed by atoms with Gasteiger partial charge in [0.1, 0.15) is 5.82 Å². The van der Waals surface area contributed by atoms with Gasteiger partial charge in [0, 0.05) is 32.8 Å². The van der Waals surface area contributed by atoms with Crippen LogP contribution in [0, 0.1) is 5.92 Å². The second-order valence-corrected chi connectivity index (χ2v) is 5.22. The molecular weight excluding hydrogens is 238 g/mol. The Labute approximate surface area is 115 Å². The van der Waals surface area contributed by atoms with Gasteiger partial charge in [0.2, 0.25) is 5.91 Å². The van der Waals surface area contributed by atoms with Crippen LogP contribution in [0.4, 0.5) is 5.82 Å². The van der Waals surface area contributed by atoms with E-state index in [-0.39, 0.29) is 0 Å². The van der Waals surface area contributed by atoms with Gasteiger partial charge < -0.3 is 10.2 Å². The zero-order valence-corrected chi connectivity index (χ0v) is 11.9. The lowest BCUT2D eigenvalue weighted by atomic mass is 9.98. The molecule has 1 aromatic heterocycles. The summed E-state index contributed by atoms with van der Waals surface area (Å²) in [5.74, 6) is 1.85. The number of nitrogens with one attached hydrogen (secondary N) is 1. The number of likely N-dealkylation sites (tertiary alicyclic amines) is 1. The van der Waals surface area contributed by atoms with Crippen molar-refractivity contribution in [2.24, 2.45) is 5.92 Å². The van der Waals surface area contributed by atoms with Crippen molar-refractivity contribution in [1.82, 2.24) is 9.88 Å². The SMILES string of the molecule is CCC1CCC(=O)N(Cc2ccnc(NC)c2)CC1. The topological polar surface area (TPSA) is 45.2 Å². The molecule has 1 aliphatic heterocycles. The van der Waals surface area contributed by atoms with E-state index in [1.807, 2.05) is 24.1 Å². The van der Waals surface area contributed by atoms with E-state index in [0.29, 0.717) is 24.8 Å². The summed E-state index contributed by atoms with van der Waals surface area (Å²) in [5.41, 5.74) is 1.14. The van der Waals surface area contributed by atoms with Crippen molar-refractivity contribution in [3.63, 3.8) is 0 Å². The molecule has 4 heteroatoms. The van der Waals surface area contributed by atoms with Crippen LogP contribution in [0.25, 0.3) is 0 Å². The molecule has 1 atom stereocenters. The molecule has 1 unspecified atom stereocenters. The third-order valence-electron chi connectivity index (χ3n) is 3.96. The quantitative estimate of drug-likeness (QED) is 0.906. The second kappa shape index (κ2) is 6.55. The van der Waals surface area contributed by atoms with Crippen molar-refractivity contribution >= 4 is 11.7 Å². The molecule has 0 aromatic carbocycles. The molecule has 0 spiro atoms. The minimum absolute atomic E-state index is 0.291. The van der Waals surface area contributed by atoms with Gasteiger partial charge in [-0.25, -0.2) is 4.98 Å². The number of carbonyl (C=O) groups is 1. The zero-order valence-electron chi connectivity index (χ0n) is 11.9. The third-order valence-corrected chi connectivity index (χ3v) is 3.96. The number of carbonyl (C=O) groups excluding carboxylic acids is 1. The van der Waals surface area contributed by atoms with E-state index in [4.69, 9.17) is 0 Å². The summed E-state index contributed by atoms with van der Waals surface area (Å²) < 4.78 is 0. The summed E-state index contributed by atoms with van der Waals surface area (Å²) in [6, 6.07) is 3.99. The van der Waals surface area contributed by atoms with Crippen molar-refractivity contribution in [2.75, 3.05) is 18.9 Å². The molecular formula is C15H23N3O. The van der Waals surface area contributed by atoms with Crippen LogP contribution >= 0.6 is 0 Å². The molecule has 0 radical (unpaired) electrons. The number of aromatic nitrogens is 1. The fourth-order valence-electron chi connectivity index (χ4n) is 2.60. The highest BCUT2D eigenvalue weighted by molar-refractivity contribution is 5.76. The minimum atomic E-state index is 0.291. The van der Waals surface area contributed by atoms with Crippen LogP contribution in [0.3, 0.4) is 0 Å². The Morgan fingerprint density at radius 1 is 1.47 bits per heavy atom. The van der Waals surface area contributed by atoms with Gasteiger partial charge in [0.25, 0.3) is 0 Å². The maximum absolute atomic E-state index is 12.1. The largest absolute Gasteiger partial charge is 0.373 e. The number of nitrogens with zero attached hydrogens (tertiary/aromatic N) is 2. The van der Waals surface area contributed by atoms with E-state index in [1.54, 1.807) is 6.20 Å². The number of pyridine rings is 1. The fourth-order valence-corrected chi connectivity index (χ4v) is 2.60. The maximum Gasteiger partial charge on any atom is 0.222 e. The number of hydrogen-bond donors (Lipinski definition) is 1. The first-order valence-corrected chi connectivity index (χ1v) is 7.13. The smallest absolute Gasteiger partial charge is 0.222 e. The highest BCUT2D eigenvalue weighted by Crippen LogP contribution is 2.22. The van der Waals surface area contributed by atoms with Crippen molar-refractivity contribution < 1.29 is 4.79 Å². The first-order chi connectivity index (χ1) is 9.22. The van der Waals surface area contributed by atoms with Gasteiger partial charge >= 0.3 is 0 Å². The highest BCUT2D eigenvalue weighted by Gasteiger charge is 2.21. The van der Waals surface area contributed by atoms with Crippen LogP contribution in [-0.4, -0.2) is 29.4 Å². The summed E-state index contributed by atoms with van der Waals surface area (Å²) in [6.45, 7) is 3.80. The summed E-state index contributed by atoms with van der Waals surface area (Å²) in [7, 11) is 1.86. The monoisotopic (exact) mass is 261 g/mol. The zero-order chi connectivity index (χ0) is 13.7. The Balaban J connectivity index is 2.02. The molecule has 4 nitrogen and oxygen atoms in total. The van der Waals surface area contributed by atoms with E-state index in [0.717, 1.165) is 30.8 Å². The van der Waals surface area contributed by atoms with E-state index in [1.165, 1.54) is 6.42 Å². The Hall–Kier alpha value is -1.58. The van der Waals surface area contributed by atoms with E-state index < -0.39 is 0 Å². The Morgan fingerprint density at radius 2 is 2.32 bits per heavy atom. The summed E-state index contributed by atoms with van der Waals surface area (Å²) in [5, 5.41) is 3.03. The van der Waals surface area contributed by atoms with Crippen LogP contribution in [0.2, 0.25) is 0 Å². The number of rotatable bonds is 4. The van der Waals surface area contributed by atoms with Gasteiger partial charge in [-0.3, -0.25) is 4.79 Å². The van der Waals surface area contributed by atoms with Crippen molar-refractivity contribution in [1.29, 1.82) is 0 Å². The summed E-state index contributed by atoms with van der Waals surface area (Å²) in [6.07, 6.45) is 5.84. The standard InChI is InChI=1S/C15H23N3O/c1-3-12-4-5-15(19)18(9-7-12)11-13-6-8-17-14(10-13)16-2/h6,8,10,12H,3-5,7,9,11H2,1-2H3,(H,16,17). The molecule has 104 valence electrons. The molecule has 1 N–H and O–H groups in total. The first-order valence-electron chi connectivity index (χ1n) is 7.13. The molecule has 1 fully saturated rings. The first kappa shape index (κ1) is 13.8. The molecule has 0 saturated carbocycles. The van der Waals surface area contributed by atoms with Crippen molar-refractivity contribution in [2.45, 2.75) is 39.2 Å². The van der Waals surface area contributed by atoms with Gasteiger partial charge in [-0.1, -0.05) is 13.3 Å². The molecule has 1 aromatic rings. The molecule has 0 aliphatic carbocycles. The van der Waals surface area contributed by atoms with Gasteiger partial charge in [-0.05, 0) is 36.5 Å². The predicted octanol–water partition coefficient (Wildman–Crippen LogP) is 2.66. The lowest BCUT2D eigenvalue weighted by Crippen LogP contribution is -2.29. The van der Waals surface area contributed by atoms with Gasteiger partial charge in [-0.15, -0.1) is 0 Å². The average Bonchev–Trinajstić information content (AvgIpc) is 2.62. The third kappa shape index (κ3) is 3.69. The second-order valence-electron chi connectivity index (χ2n) is 5.22. The molecule has 1 aliphatic rings. The Morgan fingerprint density at radius 3 is 3.05 bits per heavy atom. The molecule has 1 amide bonds. The number of amides is 1. The molecule has 1 saturated heterocycles. The van der Waals surface area contributed by atoms with Crippen LogP contribution in [0.5, 0.6) is 0 Å². The molecule has 0 bridgehead atoms. The Bertz CT molecular complexity index is 433. The van der Waals surface area contributed by atoms with Crippen molar-refractivity contribution in [3.05, 3.63) is 23.9 Å². The van der Waals surface area contributed by atoms with Gasteiger partial charge in [-0.2, -0.15) is 0 Å². The summed E-state index contributed by atoms with van der Waals surface area (Å²) in [4.78, 5) is 18.3. The normalized spacial score (nSPS) is 20.2. The fraction of sp³-hybridized carbons (Fsp3) is 0.600. The highest BCUT2D eigenvalue weighted by atomic mass is 16.2. The van der Waals surface area contributed by atoms with Crippen LogP contribution in [0.1, 0.15) is 38.2 Å². The van der Waals surface area contributed by atoms with E-state index >= 15 is 0 Å². The summed E-state index contributed by atoms with van der Waals surface area (Å²) >= 11 is 0. The molecule has 2 rings (SSSR count).